The topological polar surface area (TPSA) is 32.8 Å². The molecule has 2 aromatic carbocycles. The van der Waals surface area contributed by atoms with Gasteiger partial charge in [0.2, 0.25) is 0 Å². The number of likely N-dealkylation sites (tertiary alicyclic amines) is 2. The highest BCUT2D eigenvalue weighted by Crippen LogP contribution is 2.23. The Labute approximate surface area is 186 Å². The molecule has 4 rings (SSSR count). The highest BCUT2D eigenvalue weighted by Gasteiger charge is 2.31. The van der Waals surface area contributed by atoms with E-state index in [0.717, 1.165) is 50.1 Å². The second kappa shape index (κ2) is 11.4. The van der Waals surface area contributed by atoms with Crippen LogP contribution in [0, 0.1) is 0 Å². The quantitative estimate of drug-likeness (QED) is 0.565. The molecule has 1 unspecified atom stereocenters. The molecule has 0 N–H and O–H groups in total. The van der Waals surface area contributed by atoms with Crippen LogP contribution in [0.3, 0.4) is 0 Å². The van der Waals surface area contributed by atoms with Crippen molar-refractivity contribution in [1.29, 1.82) is 0 Å². The Morgan fingerprint density at radius 3 is 2.40 bits per heavy atom. The fraction of sp³-hybridized carbons (Fsp3) is 0.480. The maximum Gasteiger partial charge on any atom is 0.254 e. The molecule has 0 saturated carbocycles. The van der Waals surface area contributed by atoms with E-state index in [1.54, 1.807) is 0 Å². The molecule has 2 heterocycles. The third kappa shape index (κ3) is 5.99. The van der Waals surface area contributed by atoms with Crippen molar-refractivity contribution in [1.82, 2.24) is 9.80 Å². The predicted octanol–water partition coefficient (Wildman–Crippen LogP) is 4.82. The van der Waals surface area contributed by atoms with Crippen molar-refractivity contribution in [2.45, 2.75) is 44.6 Å². The SMILES string of the molecule is Cl.O=C(c1ccc(OCCCc2ccccc2)cc1)N1CCCC1CN1CCCC1. The van der Waals surface area contributed by atoms with Crippen molar-refractivity contribution in [3.8, 4) is 5.75 Å². The first-order valence-electron chi connectivity index (χ1n) is 11.1. The van der Waals surface area contributed by atoms with Crippen molar-refractivity contribution >= 4 is 18.3 Å². The Bertz CT molecular complexity index is 775. The van der Waals surface area contributed by atoms with Crippen LogP contribution in [-0.2, 0) is 6.42 Å². The number of carbonyl (C=O) groups is 1. The van der Waals surface area contributed by atoms with Crippen LogP contribution < -0.4 is 4.74 Å². The molecule has 5 heteroatoms. The van der Waals surface area contributed by atoms with Crippen LogP contribution in [0.15, 0.2) is 54.6 Å². The molecule has 0 aromatic heterocycles. The minimum absolute atomic E-state index is 0. The fourth-order valence-corrected chi connectivity index (χ4v) is 4.53. The lowest BCUT2D eigenvalue weighted by Crippen LogP contribution is -2.42. The highest BCUT2D eigenvalue weighted by molar-refractivity contribution is 5.94. The maximum absolute atomic E-state index is 13.0. The van der Waals surface area contributed by atoms with Crippen LogP contribution in [-0.4, -0.2) is 54.5 Å². The first kappa shape index (κ1) is 22.6. The molecular weight excluding hydrogens is 396 g/mol. The lowest BCUT2D eigenvalue weighted by atomic mass is 10.1. The smallest absolute Gasteiger partial charge is 0.254 e. The number of ether oxygens (including phenoxy) is 1. The van der Waals surface area contributed by atoms with Gasteiger partial charge in [0.15, 0.2) is 0 Å². The lowest BCUT2D eigenvalue weighted by molar-refractivity contribution is 0.0708. The molecule has 2 fully saturated rings. The molecule has 2 aliphatic heterocycles. The molecule has 4 nitrogen and oxygen atoms in total. The standard InChI is InChI=1S/C25H32N2O2.ClH/c28-25(27-18-6-11-23(27)20-26-16-4-5-17-26)22-12-14-24(15-13-22)29-19-7-10-21-8-2-1-3-9-21;/h1-3,8-9,12-15,23H,4-7,10-11,16-20H2;1H. The Hall–Kier alpha value is -2.04. The van der Waals surface area contributed by atoms with E-state index in [4.69, 9.17) is 4.74 Å². The molecule has 0 bridgehead atoms. The van der Waals surface area contributed by atoms with Gasteiger partial charge in [-0.15, -0.1) is 12.4 Å². The number of rotatable bonds is 8. The zero-order valence-corrected chi connectivity index (χ0v) is 18.5. The first-order chi connectivity index (χ1) is 14.3. The number of hydrogen-bond acceptors (Lipinski definition) is 3. The minimum Gasteiger partial charge on any atom is -0.494 e. The van der Waals surface area contributed by atoms with Crippen molar-refractivity contribution in [2.75, 3.05) is 32.8 Å². The molecule has 2 aromatic rings. The first-order valence-corrected chi connectivity index (χ1v) is 11.1. The van der Waals surface area contributed by atoms with E-state index in [1.165, 1.54) is 31.5 Å². The molecule has 0 spiro atoms. The zero-order chi connectivity index (χ0) is 19.9. The number of benzene rings is 2. The van der Waals surface area contributed by atoms with Crippen LogP contribution in [0.5, 0.6) is 5.75 Å². The third-order valence-electron chi connectivity index (χ3n) is 6.13. The normalized spacial score (nSPS) is 18.9. The van der Waals surface area contributed by atoms with Gasteiger partial charge in [-0.2, -0.15) is 0 Å². The summed E-state index contributed by atoms with van der Waals surface area (Å²) in [5.74, 6) is 1.01. The summed E-state index contributed by atoms with van der Waals surface area (Å²) in [5.41, 5.74) is 2.11. The van der Waals surface area contributed by atoms with Gasteiger partial charge >= 0.3 is 0 Å². The van der Waals surface area contributed by atoms with Crippen LogP contribution in [0.4, 0.5) is 0 Å². The van der Waals surface area contributed by atoms with Gasteiger partial charge in [-0.25, -0.2) is 0 Å². The van der Waals surface area contributed by atoms with E-state index >= 15 is 0 Å². The van der Waals surface area contributed by atoms with Gasteiger partial charge in [-0.05, 0) is 81.4 Å². The molecule has 0 aliphatic carbocycles. The summed E-state index contributed by atoms with van der Waals surface area (Å²) in [6, 6.07) is 18.5. The van der Waals surface area contributed by atoms with Crippen LogP contribution >= 0.6 is 12.4 Å². The molecule has 2 saturated heterocycles. The summed E-state index contributed by atoms with van der Waals surface area (Å²) in [7, 11) is 0. The van der Waals surface area contributed by atoms with E-state index in [0.29, 0.717) is 12.6 Å². The predicted molar refractivity (Wildman–Crippen MR) is 124 cm³/mol. The molecule has 0 radical (unpaired) electrons. The molecule has 2 aliphatic rings. The summed E-state index contributed by atoms with van der Waals surface area (Å²) < 4.78 is 5.87. The van der Waals surface area contributed by atoms with Crippen molar-refractivity contribution in [2.24, 2.45) is 0 Å². The van der Waals surface area contributed by atoms with Gasteiger partial charge in [0, 0.05) is 24.7 Å². The van der Waals surface area contributed by atoms with Crippen LogP contribution in [0.25, 0.3) is 0 Å². The summed E-state index contributed by atoms with van der Waals surface area (Å²) in [6.45, 7) is 4.99. The van der Waals surface area contributed by atoms with Crippen molar-refractivity contribution in [3.63, 3.8) is 0 Å². The van der Waals surface area contributed by atoms with E-state index in [-0.39, 0.29) is 18.3 Å². The largest absolute Gasteiger partial charge is 0.494 e. The minimum atomic E-state index is 0. The fourth-order valence-electron chi connectivity index (χ4n) is 4.53. The van der Waals surface area contributed by atoms with E-state index in [1.807, 2.05) is 30.3 Å². The van der Waals surface area contributed by atoms with E-state index in [2.05, 4.69) is 34.1 Å². The van der Waals surface area contributed by atoms with Crippen molar-refractivity contribution < 1.29 is 9.53 Å². The molecule has 30 heavy (non-hydrogen) atoms. The number of nitrogens with zero attached hydrogens (tertiary/aromatic N) is 2. The summed E-state index contributed by atoms with van der Waals surface area (Å²) >= 11 is 0. The molecular formula is C25H33ClN2O2. The van der Waals surface area contributed by atoms with Crippen LogP contribution in [0.1, 0.15) is 48.0 Å². The number of aryl methyl sites for hydroxylation is 1. The third-order valence-corrected chi connectivity index (χ3v) is 6.13. The van der Waals surface area contributed by atoms with E-state index in [9.17, 15) is 4.79 Å². The second-order valence-corrected chi connectivity index (χ2v) is 8.26. The number of carbonyl (C=O) groups excluding carboxylic acids is 1. The summed E-state index contributed by atoms with van der Waals surface area (Å²) in [4.78, 5) is 17.6. The van der Waals surface area contributed by atoms with E-state index < -0.39 is 0 Å². The zero-order valence-electron chi connectivity index (χ0n) is 17.7. The van der Waals surface area contributed by atoms with Gasteiger partial charge in [0.1, 0.15) is 5.75 Å². The second-order valence-electron chi connectivity index (χ2n) is 8.26. The van der Waals surface area contributed by atoms with Gasteiger partial charge in [0.25, 0.3) is 5.91 Å². The monoisotopic (exact) mass is 428 g/mol. The molecule has 1 amide bonds. The van der Waals surface area contributed by atoms with Gasteiger partial charge in [-0.1, -0.05) is 30.3 Å². The number of amides is 1. The van der Waals surface area contributed by atoms with Gasteiger partial charge in [-0.3, -0.25) is 4.79 Å². The highest BCUT2D eigenvalue weighted by atomic mass is 35.5. The molecule has 1 atom stereocenters. The number of hydrogen-bond donors (Lipinski definition) is 0. The maximum atomic E-state index is 13.0. The lowest BCUT2D eigenvalue weighted by Gasteiger charge is -2.28. The average molecular weight is 429 g/mol. The molecule has 162 valence electrons. The number of halogens is 1. The van der Waals surface area contributed by atoms with Gasteiger partial charge in [0.05, 0.1) is 6.61 Å². The van der Waals surface area contributed by atoms with Gasteiger partial charge < -0.3 is 14.5 Å². The Kier molecular flexibility index (Phi) is 8.59. The Morgan fingerprint density at radius 2 is 1.67 bits per heavy atom. The summed E-state index contributed by atoms with van der Waals surface area (Å²) in [6.07, 6.45) is 6.85. The Morgan fingerprint density at radius 1 is 0.933 bits per heavy atom. The summed E-state index contributed by atoms with van der Waals surface area (Å²) in [5, 5.41) is 0. The average Bonchev–Trinajstić information content (AvgIpc) is 3.44. The Balaban J connectivity index is 0.00000256. The van der Waals surface area contributed by atoms with Crippen LogP contribution in [0.2, 0.25) is 0 Å². The van der Waals surface area contributed by atoms with Crippen molar-refractivity contribution in [3.05, 3.63) is 65.7 Å².